The van der Waals surface area contributed by atoms with Crippen LogP contribution >= 0.6 is 23.2 Å². The second-order valence-electron chi connectivity index (χ2n) is 6.66. The first-order chi connectivity index (χ1) is 11.8. The van der Waals surface area contributed by atoms with Gasteiger partial charge < -0.3 is 15.0 Å². The van der Waals surface area contributed by atoms with Crippen LogP contribution in [0.15, 0.2) is 12.1 Å². The number of carbonyl (C=O) groups is 2. The molecular formula is C18H24Cl2N2O3. The Balaban J connectivity index is 1.98. The number of nitrogens with one attached hydrogen (secondary N) is 1. The predicted molar refractivity (Wildman–Crippen MR) is 99.5 cm³/mol. The summed E-state index contributed by atoms with van der Waals surface area (Å²) in [5, 5.41) is 3.61. The molecule has 1 saturated heterocycles. The average molecular weight is 387 g/mol. The van der Waals surface area contributed by atoms with Crippen molar-refractivity contribution in [3.05, 3.63) is 27.7 Å². The van der Waals surface area contributed by atoms with Gasteiger partial charge in [-0.15, -0.1) is 0 Å². The molecule has 5 nitrogen and oxygen atoms in total. The number of halogens is 2. The molecule has 138 valence electrons. The molecule has 1 N–H and O–H groups in total. The number of benzene rings is 1. The van der Waals surface area contributed by atoms with Crippen molar-refractivity contribution < 1.29 is 14.3 Å². The standard InChI is InChI=1S/C18H24Cl2N2O3/c1-11(2)10-15(23)22-8-6-12(7-9-22)21-18(24)16-13(19)4-5-14(20)17(16)25-3/h4-5,11-12H,6-10H2,1-3H3,(H,21,24). The maximum atomic E-state index is 12.6. The SMILES string of the molecule is COc1c(Cl)ccc(Cl)c1C(=O)NC1CCN(C(=O)CC(C)C)CC1. The van der Waals surface area contributed by atoms with Crippen LogP contribution in [0.25, 0.3) is 0 Å². The van der Waals surface area contributed by atoms with Gasteiger partial charge in [0, 0.05) is 25.6 Å². The van der Waals surface area contributed by atoms with Gasteiger partial charge in [-0.25, -0.2) is 0 Å². The Labute approximate surface area is 158 Å². The van der Waals surface area contributed by atoms with Gasteiger partial charge in [-0.3, -0.25) is 9.59 Å². The smallest absolute Gasteiger partial charge is 0.256 e. The molecule has 0 bridgehead atoms. The highest BCUT2D eigenvalue weighted by atomic mass is 35.5. The lowest BCUT2D eigenvalue weighted by Gasteiger charge is -2.33. The summed E-state index contributed by atoms with van der Waals surface area (Å²) in [6.45, 7) is 5.37. The fourth-order valence-corrected chi connectivity index (χ4v) is 3.42. The highest BCUT2D eigenvalue weighted by Crippen LogP contribution is 2.34. The van der Waals surface area contributed by atoms with Crippen LogP contribution in [-0.2, 0) is 4.79 Å². The van der Waals surface area contributed by atoms with Crippen molar-refractivity contribution in [2.75, 3.05) is 20.2 Å². The largest absolute Gasteiger partial charge is 0.494 e. The van der Waals surface area contributed by atoms with Crippen LogP contribution in [0.5, 0.6) is 5.75 Å². The first-order valence-electron chi connectivity index (χ1n) is 8.44. The molecule has 1 fully saturated rings. The van der Waals surface area contributed by atoms with E-state index in [4.69, 9.17) is 27.9 Å². The third-order valence-electron chi connectivity index (χ3n) is 4.26. The van der Waals surface area contributed by atoms with Gasteiger partial charge in [-0.2, -0.15) is 0 Å². The monoisotopic (exact) mass is 386 g/mol. The maximum Gasteiger partial charge on any atom is 0.256 e. The first kappa shape index (κ1) is 19.9. The Hall–Kier alpha value is -1.46. The van der Waals surface area contributed by atoms with Crippen LogP contribution in [-0.4, -0.2) is 43.0 Å². The molecule has 7 heteroatoms. The molecule has 0 unspecified atom stereocenters. The number of methoxy groups -OCH3 is 1. The van der Waals surface area contributed by atoms with Crippen molar-refractivity contribution in [3.8, 4) is 5.75 Å². The molecular weight excluding hydrogens is 363 g/mol. The minimum Gasteiger partial charge on any atom is -0.494 e. The summed E-state index contributed by atoms with van der Waals surface area (Å²) in [4.78, 5) is 26.6. The second-order valence-corrected chi connectivity index (χ2v) is 7.48. The summed E-state index contributed by atoms with van der Waals surface area (Å²) in [5.41, 5.74) is 0.245. The average Bonchev–Trinajstić information content (AvgIpc) is 2.56. The van der Waals surface area contributed by atoms with Gasteiger partial charge in [0.25, 0.3) is 5.91 Å². The number of rotatable bonds is 5. The number of piperidine rings is 1. The van der Waals surface area contributed by atoms with Crippen LogP contribution in [0.1, 0.15) is 43.5 Å². The van der Waals surface area contributed by atoms with Crippen LogP contribution in [0.2, 0.25) is 10.0 Å². The molecule has 1 heterocycles. The lowest BCUT2D eigenvalue weighted by molar-refractivity contribution is -0.133. The molecule has 1 aliphatic heterocycles. The zero-order valence-corrected chi connectivity index (χ0v) is 16.3. The Morgan fingerprint density at radius 3 is 2.40 bits per heavy atom. The van der Waals surface area contributed by atoms with Gasteiger partial charge in [-0.1, -0.05) is 37.0 Å². The summed E-state index contributed by atoms with van der Waals surface area (Å²) in [5.74, 6) is 0.495. The quantitative estimate of drug-likeness (QED) is 0.837. The van der Waals surface area contributed by atoms with Gasteiger partial charge in [0.15, 0.2) is 5.75 Å². The molecule has 25 heavy (non-hydrogen) atoms. The highest BCUT2D eigenvalue weighted by Gasteiger charge is 2.26. The third kappa shape index (κ3) is 5.02. The minimum absolute atomic E-state index is 0.00430. The number of carbonyl (C=O) groups excluding carboxylic acids is 2. The van der Waals surface area contributed by atoms with Gasteiger partial charge in [0.2, 0.25) is 5.91 Å². The minimum atomic E-state index is -0.309. The van der Waals surface area contributed by atoms with E-state index in [-0.39, 0.29) is 29.2 Å². The molecule has 1 aliphatic rings. The van der Waals surface area contributed by atoms with Gasteiger partial charge in [-0.05, 0) is 30.9 Å². The molecule has 2 amide bonds. The van der Waals surface area contributed by atoms with E-state index in [2.05, 4.69) is 5.32 Å². The van der Waals surface area contributed by atoms with E-state index in [1.165, 1.54) is 7.11 Å². The van der Waals surface area contributed by atoms with Crippen molar-refractivity contribution in [1.82, 2.24) is 10.2 Å². The normalized spacial score (nSPS) is 15.4. The van der Waals surface area contributed by atoms with Crippen molar-refractivity contribution in [1.29, 1.82) is 0 Å². The van der Waals surface area contributed by atoms with Crippen molar-refractivity contribution in [2.24, 2.45) is 5.92 Å². The topological polar surface area (TPSA) is 58.6 Å². The molecule has 0 aromatic heterocycles. The van der Waals surface area contributed by atoms with E-state index in [0.29, 0.717) is 35.5 Å². The Morgan fingerprint density at radius 1 is 1.24 bits per heavy atom. The predicted octanol–water partition coefficient (Wildman–Crippen LogP) is 3.77. The number of likely N-dealkylation sites (tertiary alicyclic amines) is 1. The molecule has 1 aromatic carbocycles. The third-order valence-corrected chi connectivity index (χ3v) is 4.87. The molecule has 1 aromatic rings. The van der Waals surface area contributed by atoms with E-state index in [1.807, 2.05) is 18.7 Å². The van der Waals surface area contributed by atoms with Gasteiger partial charge in [0.1, 0.15) is 5.56 Å². The summed E-state index contributed by atoms with van der Waals surface area (Å²) >= 11 is 12.2. The fraction of sp³-hybridized carbons (Fsp3) is 0.556. The number of ether oxygens (including phenoxy) is 1. The van der Waals surface area contributed by atoms with Crippen LogP contribution < -0.4 is 10.1 Å². The lowest BCUT2D eigenvalue weighted by atomic mass is 10.0. The second kappa shape index (κ2) is 8.77. The van der Waals surface area contributed by atoms with E-state index in [9.17, 15) is 9.59 Å². The Bertz CT molecular complexity index is 641. The summed E-state index contributed by atoms with van der Waals surface area (Å²) in [6, 6.07) is 3.17. The molecule has 0 saturated carbocycles. The molecule has 0 radical (unpaired) electrons. The van der Waals surface area contributed by atoms with Crippen molar-refractivity contribution in [3.63, 3.8) is 0 Å². The summed E-state index contributed by atoms with van der Waals surface area (Å²) < 4.78 is 5.22. The van der Waals surface area contributed by atoms with E-state index < -0.39 is 0 Å². The molecule has 0 aliphatic carbocycles. The van der Waals surface area contributed by atoms with Crippen LogP contribution in [0.4, 0.5) is 0 Å². The van der Waals surface area contributed by atoms with Crippen molar-refractivity contribution in [2.45, 2.75) is 39.2 Å². The van der Waals surface area contributed by atoms with Gasteiger partial charge >= 0.3 is 0 Å². The molecule has 2 rings (SSSR count). The Morgan fingerprint density at radius 2 is 1.84 bits per heavy atom. The molecule has 0 atom stereocenters. The highest BCUT2D eigenvalue weighted by molar-refractivity contribution is 6.37. The zero-order chi connectivity index (χ0) is 18.6. The summed E-state index contributed by atoms with van der Waals surface area (Å²) in [6.07, 6.45) is 2.00. The van der Waals surface area contributed by atoms with Gasteiger partial charge in [0.05, 0.1) is 17.2 Å². The van der Waals surface area contributed by atoms with Crippen LogP contribution in [0.3, 0.4) is 0 Å². The fourth-order valence-electron chi connectivity index (χ4n) is 2.95. The van der Waals surface area contributed by atoms with E-state index in [0.717, 1.165) is 12.8 Å². The number of amides is 2. The lowest BCUT2D eigenvalue weighted by Crippen LogP contribution is -2.46. The summed E-state index contributed by atoms with van der Waals surface area (Å²) in [7, 11) is 1.45. The first-order valence-corrected chi connectivity index (χ1v) is 9.19. The number of hydrogen-bond donors (Lipinski definition) is 1. The van der Waals surface area contributed by atoms with Crippen LogP contribution in [0, 0.1) is 5.92 Å². The zero-order valence-electron chi connectivity index (χ0n) is 14.8. The maximum absolute atomic E-state index is 12.6. The number of hydrogen-bond acceptors (Lipinski definition) is 3. The van der Waals surface area contributed by atoms with Crippen molar-refractivity contribution >= 4 is 35.0 Å². The Kier molecular flexibility index (Phi) is 6.96. The number of nitrogens with zero attached hydrogens (tertiary/aromatic N) is 1. The van der Waals surface area contributed by atoms with E-state index >= 15 is 0 Å². The molecule has 0 spiro atoms. The van der Waals surface area contributed by atoms with E-state index in [1.54, 1.807) is 12.1 Å².